The van der Waals surface area contributed by atoms with Gasteiger partial charge >= 0.3 is 0 Å². The SMILES string of the molecule is O=c1cc(Br)c(CBr)c[nH]1. The van der Waals surface area contributed by atoms with Crippen LogP contribution in [0.1, 0.15) is 5.56 Å². The standard InChI is InChI=1S/C6H5Br2NO/c7-2-4-3-9-6(10)1-5(4)8/h1,3H,2H2,(H,9,10). The van der Waals surface area contributed by atoms with Gasteiger partial charge in [-0.3, -0.25) is 4.79 Å². The molecular weight excluding hydrogens is 262 g/mol. The molecule has 0 saturated heterocycles. The second kappa shape index (κ2) is 3.34. The Bertz CT molecular complexity index is 281. The van der Waals surface area contributed by atoms with Gasteiger partial charge in [0.05, 0.1) is 0 Å². The first-order chi connectivity index (χ1) is 4.74. The molecule has 0 aromatic carbocycles. The summed E-state index contributed by atoms with van der Waals surface area (Å²) in [6.45, 7) is 0. The van der Waals surface area contributed by atoms with Crippen molar-refractivity contribution in [3.8, 4) is 0 Å². The highest BCUT2D eigenvalue weighted by Gasteiger charge is 1.96. The molecule has 2 nitrogen and oxygen atoms in total. The van der Waals surface area contributed by atoms with E-state index < -0.39 is 0 Å². The highest BCUT2D eigenvalue weighted by molar-refractivity contribution is 9.10. The van der Waals surface area contributed by atoms with Crippen LogP contribution >= 0.6 is 31.9 Å². The molecule has 10 heavy (non-hydrogen) atoms. The van der Waals surface area contributed by atoms with E-state index in [1.807, 2.05) is 0 Å². The number of nitrogens with one attached hydrogen (secondary N) is 1. The highest BCUT2D eigenvalue weighted by Crippen LogP contribution is 2.14. The average Bonchev–Trinajstić information content (AvgIpc) is 1.88. The molecule has 0 aliphatic rings. The van der Waals surface area contributed by atoms with Crippen LogP contribution in [0, 0.1) is 0 Å². The number of alkyl halides is 1. The summed E-state index contributed by atoms with van der Waals surface area (Å²) in [6.07, 6.45) is 1.68. The molecular formula is C6H5Br2NO. The molecule has 1 rings (SSSR count). The van der Waals surface area contributed by atoms with Crippen molar-refractivity contribution in [2.75, 3.05) is 0 Å². The molecule has 0 spiro atoms. The van der Waals surface area contributed by atoms with Crippen LogP contribution in [-0.4, -0.2) is 4.98 Å². The number of hydrogen-bond donors (Lipinski definition) is 1. The van der Waals surface area contributed by atoms with Crippen molar-refractivity contribution < 1.29 is 0 Å². The van der Waals surface area contributed by atoms with Crippen LogP contribution in [0.3, 0.4) is 0 Å². The minimum Gasteiger partial charge on any atom is -0.329 e. The van der Waals surface area contributed by atoms with E-state index in [4.69, 9.17) is 0 Å². The van der Waals surface area contributed by atoms with E-state index in [1.165, 1.54) is 6.07 Å². The van der Waals surface area contributed by atoms with Crippen molar-refractivity contribution in [2.45, 2.75) is 5.33 Å². The maximum absolute atomic E-state index is 10.7. The topological polar surface area (TPSA) is 32.9 Å². The van der Waals surface area contributed by atoms with E-state index >= 15 is 0 Å². The lowest BCUT2D eigenvalue weighted by atomic mass is 10.3. The molecule has 0 aliphatic carbocycles. The summed E-state index contributed by atoms with van der Waals surface area (Å²) in [5, 5.41) is 0.740. The van der Waals surface area contributed by atoms with Gasteiger partial charge in [0, 0.05) is 22.1 Å². The Morgan fingerprint density at radius 1 is 1.60 bits per heavy atom. The van der Waals surface area contributed by atoms with E-state index in [0.717, 1.165) is 15.4 Å². The Kier molecular flexibility index (Phi) is 2.68. The number of H-pyrrole nitrogens is 1. The van der Waals surface area contributed by atoms with Gasteiger partial charge in [-0.2, -0.15) is 0 Å². The molecule has 0 amide bonds. The molecule has 0 saturated carbocycles. The summed E-state index contributed by atoms with van der Waals surface area (Å²) in [5.41, 5.74) is 0.955. The molecule has 54 valence electrons. The highest BCUT2D eigenvalue weighted by atomic mass is 79.9. The van der Waals surface area contributed by atoms with Crippen molar-refractivity contribution in [3.63, 3.8) is 0 Å². The summed E-state index contributed by atoms with van der Waals surface area (Å²) >= 11 is 6.54. The summed E-state index contributed by atoms with van der Waals surface area (Å²) in [6, 6.07) is 1.51. The monoisotopic (exact) mass is 265 g/mol. The molecule has 0 unspecified atom stereocenters. The Balaban J connectivity index is 3.19. The molecule has 0 fully saturated rings. The molecule has 0 bridgehead atoms. The van der Waals surface area contributed by atoms with Crippen molar-refractivity contribution >= 4 is 31.9 Å². The van der Waals surface area contributed by atoms with Gasteiger partial charge in [0.15, 0.2) is 0 Å². The third-order valence-corrected chi connectivity index (χ3v) is 2.44. The molecule has 1 aromatic rings. The molecule has 1 heterocycles. The molecule has 0 atom stereocenters. The lowest BCUT2D eigenvalue weighted by Crippen LogP contribution is -2.03. The van der Waals surface area contributed by atoms with Gasteiger partial charge in [0.2, 0.25) is 5.56 Å². The van der Waals surface area contributed by atoms with Crippen LogP contribution in [0.4, 0.5) is 0 Å². The predicted octanol–water partition coefficient (Wildman–Crippen LogP) is 2.03. The lowest BCUT2D eigenvalue weighted by molar-refractivity contribution is 1.18. The molecule has 0 radical (unpaired) electrons. The zero-order valence-electron chi connectivity index (χ0n) is 5.03. The normalized spacial score (nSPS) is 9.80. The quantitative estimate of drug-likeness (QED) is 0.776. The van der Waals surface area contributed by atoms with Crippen molar-refractivity contribution in [2.24, 2.45) is 0 Å². The largest absolute Gasteiger partial charge is 0.329 e. The van der Waals surface area contributed by atoms with Crippen LogP contribution in [0.25, 0.3) is 0 Å². The second-order valence-corrected chi connectivity index (χ2v) is 3.22. The van der Waals surface area contributed by atoms with Crippen molar-refractivity contribution in [3.05, 3.63) is 32.7 Å². The lowest BCUT2D eigenvalue weighted by Gasteiger charge is -1.95. The van der Waals surface area contributed by atoms with Crippen molar-refractivity contribution in [1.82, 2.24) is 4.98 Å². The number of pyridine rings is 1. The van der Waals surface area contributed by atoms with Crippen LogP contribution in [0.2, 0.25) is 0 Å². The first-order valence-corrected chi connectivity index (χ1v) is 4.58. The zero-order chi connectivity index (χ0) is 7.56. The van der Waals surface area contributed by atoms with E-state index in [0.29, 0.717) is 0 Å². The maximum atomic E-state index is 10.7. The van der Waals surface area contributed by atoms with Crippen LogP contribution in [0.15, 0.2) is 21.5 Å². The van der Waals surface area contributed by atoms with Crippen molar-refractivity contribution in [1.29, 1.82) is 0 Å². The van der Waals surface area contributed by atoms with Gasteiger partial charge < -0.3 is 4.98 Å². The Labute approximate surface area is 74.9 Å². The number of aromatic nitrogens is 1. The van der Waals surface area contributed by atoms with Gasteiger partial charge in [-0.05, 0) is 5.56 Å². The number of hydrogen-bond acceptors (Lipinski definition) is 1. The average molecular weight is 267 g/mol. The fraction of sp³-hybridized carbons (Fsp3) is 0.167. The van der Waals surface area contributed by atoms with Gasteiger partial charge in [0.1, 0.15) is 0 Å². The van der Waals surface area contributed by atoms with Gasteiger partial charge in [-0.25, -0.2) is 0 Å². The minimum absolute atomic E-state index is 0.0865. The zero-order valence-corrected chi connectivity index (χ0v) is 8.20. The van der Waals surface area contributed by atoms with Gasteiger partial charge in [-0.1, -0.05) is 31.9 Å². The Hall–Kier alpha value is -0.0900. The summed E-state index contributed by atoms with van der Waals surface area (Å²) in [5.74, 6) is 0. The summed E-state index contributed by atoms with van der Waals surface area (Å²) < 4.78 is 0.841. The van der Waals surface area contributed by atoms with Gasteiger partial charge in [-0.15, -0.1) is 0 Å². The number of aromatic amines is 1. The molecule has 4 heteroatoms. The predicted molar refractivity (Wildman–Crippen MR) is 47.4 cm³/mol. The third kappa shape index (κ3) is 1.70. The fourth-order valence-corrected chi connectivity index (χ4v) is 1.88. The van der Waals surface area contributed by atoms with E-state index in [9.17, 15) is 4.79 Å². The van der Waals surface area contributed by atoms with Crippen LogP contribution < -0.4 is 5.56 Å². The fourth-order valence-electron chi connectivity index (χ4n) is 0.579. The second-order valence-electron chi connectivity index (χ2n) is 1.80. The smallest absolute Gasteiger partial charge is 0.249 e. The van der Waals surface area contributed by atoms with Crippen LogP contribution in [0.5, 0.6) is 0 Å². The Morgan fingerprint density at radius 2 is 2.30 bits per heavy atom. The minimum atomic E-state index is -0.0865. The van der Waals surface area contributed by atoms with Crippen LogP contribution in [-0.2, 0) is 5.33 Å². The molecule has 1 aromatic heterocycles. The molecule has 1 N–H and O–H groups in total. The molecule has 0 aliphatic heterocycles. The van der Waals surface area contributed by atoms with E-state index in [-0.39, 0.29) is 5.56 Å². The number of halogens is 2. The first-order valence-electron chi connectivity index (χ1n) is 2.67. The summed E-state index contributed by atoms with van der Waals surface area (Å²) in [7, 11) is 0. The third-order valence-electron chi connectivity index (χ3n) is 1.10. The van der Waals surface area contributed by atoms with E-state index in [1.54, 1.807) is 6.20 Å². The Morgan fingerprint density at radius 3 is 2.80 bits per heavy atom. The maximum Gasteiger partial charge on any atom is 0.249 e. The number of rotatable bonds is 1. The van der Waals surface area contributed by atoms with E-state index in [2.05, 4.69) is 36.8 Å². The first kappa shape index (κ1) is 8.01. The summed E-state index contributed by atoms with van der Waals surface area (Å²) in [4.78, 5) is 13.2. The van der Waals surface area contributed by atoms with Gasteiger partial charge in [0.25, 0.3) is 0 Å².